The average molecular weight is 366 g/mol. The Labute approximate surface area is 139 Å². The van der Waals surface area contributed by atoms with Gasteiger partial charge < -0.3 is 5.32 Å². The van der Waals surface area contributed by atoms with Crippen molar-refractivity contribution in [3.05, 3.63) is 29.3 Å². The first kappa shape index (κ1) is 20.4. The predicted octanol–water partition coefficient (Wildman–Crippen LogP) is 2.01. The summed E-state index contributed by atoms with van der Waals surface area (Å²) in [6.45, 7) is 1.06. The zero-order valence-corrected chi connectivity index (χ0v) is 14.6. The maximum atomic E-state index is 12.2. The highest BCUT2D eigenvalue weighted by atomic mass is 32.2. The van der Waals surface area contributed by atoms with Gasteiger partial charge in [0.2, 0.25) is 0 Å². The quantitative estimate of drug-likeness (QED) is 0.750. The number of rotatable bonds is 7. The van der Waals surface area contributed by atoms with Crippen LogP contribution in [0.4, 0.5) is 13.2 Å². The minimum absolute atomic E-state index is 0.0446. The van der Waals surface area contributed by atoms with E-state index in [1.54, 1.807) is 13.0 Å². The van der Waals surface area contributed by atoms with Gasteiger partial charge in [-0.3, -0.25) is 9.69 Å². The van der Waals surface area contributed by atoms with Crippen LogP contribution in [0.1, 0.15) is 22.3 Å². The van der Waals surface area contributed by atoms with Crippen LogP contribution < -0.4 is 5.32 Å². The molecule has 0 saturated carbocycles. The maximum Gasteiger partial charge on any atom is 0.401 e. The van der Waals surface area contributed by atoms with Gasteiger partial charge in [0.1, 0.15) is 0 Å². The summed E-state index contributed by atoms with van der Waals surface area (Å²) in [5.41, 5.74) is 0.857. The van der Waals surface area contributed by atoms with Gasteiger partial charge in [0.15, 0.2) is 9.84 Å². The monoisotopic (exact) mass is 366 g/mol. The Kier molecular flexibility index (Phi) is 6.79. The number of hydrogen-bond donors (Lipinski definition) is 1. The van der Waals surface area contributed by atoms with Gasteiger partial charge in [-0.15, -0.1) is 0 Å². The van der Waals surface area contributed by atoms with Crippen molar-refractivity contribution in [1.82, 2.24) is 10.2 Å². The smallest absolute Gasteiger partial charge is 0.352 e. The van der Waals surface area contributed by atoms with E-state index < -0.39 is 28.5 Å². The molecule has 0 spiro atoms. The highest BCUT2D eigenvalue weighted by molar-refractivity contribution is 7.90. The molecule has 0 fully saturated rings. The van der Waals surface area contributed by atoms with Crippen molar-refractivity contribution in [3.8, 4) is 0 Å². The Bertz CT molecular complexity index is 688. The molecule has 1 rings (SSSR count). The lowest BCUT2D eigenvalue weighted by atomic mass is 10.1. The van der Waals surface area contributed by atoms with E-state index in [0.29, 0.717) is 12.0 Å². The molecule has 0 heterocycles. The topological polar surface area (TPSA) is 66.5 Å². The number of aryl methyl sites for hydroxylation is 1. The molecule has 0 aliphatic rings. The molecule has 1 aromatic rings. The number of nitrogens with one attached hydrogen (secondary N) is 1. The Balaban J connectivity index is 2.57. The van der Waals surface area contributed by atoms with Gasteiger partial charge in [-0.05, 0) is 44.6 Å². The molecule has 0 saturated heterocycles. The number of hydrogen-bond acceptors (Lipinski definition) is 4. The molecule has 0 atom stereocenters. The lowest BCUT2D eigenvalue weighted by molar-refractivity contribution is -0.143. The summed E-state index contributed by atoms with van der Waals surface area (Å²) in [6, 6.07) is 4.27. The standard InChI is InChI=1S/C15H21F3N2O3S/c1-11-5-6-12(24(3,22)23)9-13(11)14(21)19-7-4-8-20(2)10-15(16,17)18/h5-6,9H,4,7-8,10H2,1-3H3,(H,19,21). The van der Waals surface area contributed by atoms with E-state index in [1.165, 1.54) is 19.2 Å². The van der Waals surface area contributed by atoms with Crippen LogP contribution in [-0.2, 0) is 9.84 Å². The molecule has 24 heavy (non-hydrogen) atoms. The number of nitrogens with zero attached hydrogens (tertiary/aromatic N) is 1. The van der Waals surface area contributed by atoms with E-state index in [-0.39, 0.29) is 23.5 Å². The highest BCUT2D eigenvalue weighted by Gasteiger charge is 2.28. The number of alkyl halides is 3. The van der Waals surface area contributed by atoms with E-state index in [4.69, 9.17) is 0 Å². The van der Waals surface area contributed by atoms with Crippen LogP contribution in [0, 0.1) is 6.92 Å². The SMILES string of the molecule is Cc1ccc(S(C)(=O)=O)cc1C(=O)NCCCN(C)CC(F)(F)F. The van der Waals surface area contributed by atoms with E-state index >= 15 is 0 Å². The van der Waals surface area contributed by atoms with E-state index in [2.05, 4.69) is 5.32 Å². The van der Waals surface area contributed by atoms with Crippen LogP contribution >= 0.6 is 0 Å². The van der Waals surface area contributed by atoms with Crippen molar-refractivity contribution in [2.75, 3.05) is 32.9 Å². The van der Waals surface area contributed by atoms with Crippen LogP contribution in [0.15, 0.2) is 23.1 Å². The number of sulfone groups is 1. The van der Waals surface area contributed by atoms with Gasteiger partial charge in [-0.1, -0.05) is 6.07 Å². The molecular weight excluding hydrogens is 345 g/mol. The lowest BCUT2D eigenvalue weighted by Crippen LogP contribution is -2.34. The Morgan fingerprint density at radius 1 is 1.29 bits per heavy atom. The number of amides is 1. The molecule has 0 radical (unpaired) electrons. The molecule has 136 valence electrons. The second-order valence-electron chi connectivity index (χ2n) is 5.71. The summed E-state index contributed by atoms with van der Waals surface area (Å²) < 4.78 is 59.6. The third-order valence-corrected chi connectivity index (χ3v) is 4.44. The second-order valence-corrected chi connectivity index (χ2v) is 7.73. The van der Waals surface area contributed by atoms with Crippen molar-refractivity contribution in [3.63, 3.8) is 0 Å². The van der Waals surface area contributed by atoms with Crippen molar-refractivity contribution in [2.24, 2.45) is 0 Å². The summed E-state index contributed by atoms with van der Waals surface area (Å²) in [5.74, 6) is -0.448. The fraction of sp³-hybridized carbons (Fsp3) is 0.533. The fourth-order valence-electron chi connectivity index (χ4n) is 2.11. The predicted molar refractivity (Wildman–Crippen MR) is 84.8 cm³/mol. The molecular formula is C15H21F3N2O3S. The maximum absolute atomic E-state index is 12.2. The summed E-state index contributed by atoms with van der Waals surface area (Å²) >= 11 is 0. The number of halogens is 3. The number of carbonyl (C=O) groups is 1. The fourth-order valence-corrected chi connectivity index (χ4v) is 2.75. The first-order chi connectivity index (χ1) is 10.9. The normalized spacial score (nSPS) is 12.5. The minimum atomic E-state index is -4.25. The molecule has 1 amide bonds. The highest BCUT2D eigenvalue weighted by Crippen LogP contribution is 2.16. The van der Waals surface area contributed by atoms with Gasteiger partial charge in [0, 0.05) is 18.4 Å². The van der Waals surface area contributed by atoms with Crippen LogP contribution in [0.2, 0.25) is 0 Å². The third kappa shape index (κ3) is 6.88. The summed E-state index contributed by atoms with van der Waals surface area (Å²) in [6.07, 6.45) is -2.85. The van der Waals surface area contributed by atoms with Crippen LogP contribution in [0.25, 0.3) is 0 Å². The van der Waals surface area contributed by atoms with Gasteiger partial charge in [0.05, 0.1) is 11.4 Å². The molecule has 1 N–H and O–H groups in total. The Morgan fingerprint density at radius 3 is 2.46 bits per heavy atom. The summed E-state index contributed by atoms with van der Waals surface area (Å²) in [4.78, 5) is 13.3. The molecule has 0 bridgehead atoms. The Morgan fingerprint density at radius 2 is 1.92 bits per heavy atom. The van der Waals surface area contributed by atoms with Crippen LogP contribution in [0.3, 0.4) is 0 Å². The Hall–Kier alpha value is -1.61. The van der Waals surface area contributed by atoms with Gasteiger partial charge in [0.25, 0.3) is 5.91 Å². The molecule has 0 unspecified atom stereocenters. The van der Waals surface area contributed by atoms with E-state index in [1.807, 2.05) is 0 Å². The van der Waals surface area contributed by atoms with Gasteiger partial charge in [-0.2, -0.15) is 13.2 Å². The van der Waals surface area contributed by atoms with Crippen molar-refractivity contribution in [2.45, 2.75) is 24.4 Å². The van der Waals surface area contributed by atoms with Crippen molar-refractivity contribution >= 4 is 15.7 Å². The number of benzene rings is 1. The van der Waals surface area contributed by atoms with Crippen molar-refractivity contribution in [1.29, 1.82) is 0 Å². The molecule has 1 aromatic carbocycles. The first-order valence-electron chi connectivity index (χ1n) is 7.24. The van der Waals surface area contributed by atoms with Crippen LogP contribution in [-0.4, -0.2) is 58.3 Å². The molecule has 5 nitrogen and oxygen atoms in total. The van der Waals surface area contributed by atoms with Crippen LogP contribution in [0.5, 0.6) is 0 Å². The summed E-state index contributed by atoms with van der Waals surface area (Å²) in [5, 5.41) is 2.59. The number of carbonyl (C=O) groups excluding carboxylic acids is 1. The second kappa shape index (κ2) is 7.98. The molecule has 0 aliphatic carbocycles. The van der Waals surface area contributed by atoms with Gasteiger partial charge in [-0.25, -0.2) is 8.42 Å². The zero-order valence-electron chi connectivity index (χ0n) is 13.8. The van der Waals surface area contributed by atoms with E-state index in [0.717, 1.165) is 11.2 Å². The summed E-state index contributed by atoms with van der Waals surface area (Å²) in [7, 11) is -2.07. The molecule has 0 aliphatic heterocycles. The third-order valence-electron chi connectivity index (χ3n) is 3.33. The van der Waals surface area contributed by atoms with Crippen molar-refractivity contribution < 1.29 is 26.4 Å². The minimum Gasteiger partial charge on any atom is -0.352 e. The first-order valence-corrected chi connectivity index (χ1v) is 9.13. The molecule has 9 heteroatoms. The largest absolute Gasteiger partial charge is 0.401 e. The average Bonchev–Trinajstić information content (AvgIpc) is 2.40. The molecule has 0 aromatic heterocycles. The lowest BCUT2D eigenvalue weighted by Gasteiger charge is -2.18. The van der Waals surface area contributed by atoms with E-state index in [9.17, 15) is 26.4 Å². The van der Waals surface area contributed by atoms with Gasteiger partial charge >= 0.3 is 6.18 Å². The zero-order chi connectivity index (χ0) is 18.5.